The summed E-state index contributed by atoms with van der Waals surface area (Å²) in [7, 11) is 0. The lowest BCUT2D eigenvalue weighted by Gasteiger charge is -2.26. The topological polar surface area (TPSA) is 20.2 Å². The molecule has 0 aliphatic heterocycles. The SMILES string of the molecule is CCSC=CC#CC1(O)CCCCC1. The summed E-state index contributed by atoms with van der Waals surface area (Å²) in [4.78, 5) is 0. The molecule has 0 amide bonds. The van der Waals surface area contributed by atoms with Crippen LogP contribution in [0.3, 0.4) is 0 Å². The molecule has 0 spiro atoms. The molecule has 14 heavy (non-hydrogen) atoms. The van der Waals surface area contributed by atoms with Crippen LogP contribution in [0.15, 0.2) is 11.5 Å². The third kappa shape index (κ3) is 4.21. The van der Waals surface area contributed by atoms with Gasteiger partial charge in [0.05, 0.1) is 0 Å². The summed E-state index contributed by atoms with van der Waals surface area (Å²) >= 11 is 1.73. The number of thioether (sulfide) groups is 1. The van der Waals surface area contributed by atoms with Crippen LogP contribution in [0.25, 0.3) is 0 Å². The molecular formula is C12H18OS. The Morgan fingerprint density at radius 2 is 2.07 bits per heavy atom. The zero-order chi connectivity index (χ0) is 10.3. The standard InChI is InChI=1S/C12H18OS/c1-2-14-11-7-6-10-12(13)8-4-3-5-9-12/h7,11,13H,2-5,8-9H2,1H3. The van der Waals surface area contributed by atoms with Gasteiger partial charge >= 0.3 is 0 Å². The predicted octanol–water partition coefficient (Wildman–Crippen LogP) is 2.95. The van der Waals surface area contributed by atoms with Gasteiger partial charge in [-0.15, -0.1) is 11.8 Å². The van der Waals surface area contributed by atoms with Crippen LogP contribution in [0, 0.1) is 11.8 Å². The van der Waals surface area contributed by atoms with Crippen molar-refractivity contribution in [1.29, 1.82) is 0 Å². The Morgan fingerprint density at radius 3 is 2.71 bits per heavy atom. The highest BCUT2D eigenvalue weighted by atomic mass is 32.2. The van der Waals surface area contributed by atoms with Crippen molar-refractivity contribution in [2.75, 3.05) is 5.75 Å². The van der Waals surface area contributed by atoms with Crippen LogP contribution in [0.2, 0.25) is 0 Å². The fraction of sp³-hybridized carbons (Fsp3) is 0.667. The summed E-state index contributed by atoms with van der Waals surface area (Å²) in [5, 5.41) is 12.0. The summed E-state index contributed by atoms with van der Waals surface area (Å²) in [6.07, 6.45) is 6.98. The van der Waals surface area contributed by atoms with E-state index >= 15 is 0 Å². The highest BCUT2D eigenvalue weighted by Gasteiger charge is 2.26. The third-order valence-electron chi connectivity index (χ3n) is 2.40. The van der Waals surface area contributed by atoms with Crippen molar-refractivity contribution in [1.82, 2.24) is 0 Å². The summed E-state index contributed by atoms with van der Waals surface area (Å²) < 4.78 is 0. The first-order valence-corrected chi connectivity index (χ1v) is 6.33. The van der Waals surface area contributed by atoms with Gasteiger partial charge in [0.2, 0.25) is 0 Å². The zero-order valence-electron chi connectivity index (χ0n) is 8.75. The van der Waals surface area contributed by atoms with Crippen molar-refractivity contribution in [2.24, 2.45) is 0 Å². The molecule has 0 saturated heterocycles. The van der Waals surface area contributed by atoms with E-state index in [1.807, 2.05) is 11.5 Å². The second kappa shape index (κ2) is 6.16. The highest BCUT2D eigenvalue weighted by Crippen LogP contribution is 2.27. The normalized spacial score (nSPS) is 20.4. The summed E-state index contributed by atoms with van der Waals surface area (Å²) in [5.74, 6) is 6.96. The molecule has 2 heteroatoms. The Labute approximate surface area is 91.0 Å². The summed E-state index contributed by atoms with van der Waals surface area (Å²) in [6.45, 7) is 2.11. The number of allylic oxidation sites excluding steroid dienone is 1. The molecule has 1 saturated carbocycles. The first kappa shape index (κ1) is 11.7. The Balaban J connectivity index is 2.39. The molecule has 0 atom stereocenters. The lowest BCUT2D eigenvalue weighted by molar-refractivity contribution is 0.0610. The van der Waals surface area contributed by atoms with E-state index in [9.17, 15) is 5.11 Å². The van der Waals surface area contributed by atoms with Crippen LogP contribution < -0.4 is 0 Å². The van der Waals surface area contributed by atoms with Crippen molar-refractivity contribution in [3.05, 3.63) is 11.5 Å². The van der Waals surface area contributed by atoms with Gasteiger partial charge in [-0.1, -0.05) is 25.2 Å². The van der Waals surface area contributed by atoms with Gasteiger partial charge in [0.1, 0.15) is 5.60 Å². The lowest BCUT2D eigenvalue weighted by Crippen LogP contribution is -2.29. The van der Waals surface area contributed by atoms with Gasteiger partial charge in [-0.25, -0.2) is 0 Å². The van der Waals surface area contributed by atoms with Crippen LogP contribution in [0.1, 0.15) is 39.0 Å². The van der Waals surface area contributed by atoms with E-state index in [0.717, 1.165) is 31.4 Å². The number of hydrogen-bond donors (Lipinski definition) is 1. The van der Waals surface area contributed by atoms with Gasteiger partial charge in [-0.3, -0.25) is 0 Å². The molecule has 0 heterocycles. The average Bonchev–Trinajstić information content (AvgIpc) is 2.18. The predicted molar refractivity (Wildman–Crippen MR) is 63.1 cm³/mol. The second-order valence-corrected chi connectivity index (χ2v) is 4.80. The van der Waals surface area contributed by atoms with Crippen molar-refractivity contribution >= 4 is 11.8 Å². The first-order valence-electron chi connectivity index (χ1n) is 5.28. The van der Waals surface area contributed by atoms with Gasteiger partial charge in [0.25, 0.3) is 0 Å². The van der Waals surface area contributed by atoms with E-state index in [0.29, 0.717) is 0 Å². The molecule has 1 rings (SSSR count). The van der Waals surface area contributed by atoms with Gasteiger partial charge in [-0.2, -0.15) is 0 Å². The van der Waals surface area contributed by atoms with Crippen molar-refractivity contribution in [3.63, 3.8) is 0 Å². The Kier molecular flexibility index (Phi) is 5.14. The fourth-order valence-corrected chi connectivity index (χ4v) is 1.97. The number of rotatable bonds is 2. The fourth-order valence-electron chi connectivity index (χ4n) is 1.62. The van der Waals surface area contributed by atoms with E-state index in [1.165, 1.54) is 6.42 Å². The average molecular weight is 210 g/mol. The second-order valence-electron chi connectivity index (χ2n) is 3.62. The van der Waals surface area contributed by atoms with E-state index in [-0.39, 0.29) is 0 Å². The van der Waals surface area contributed by atoms with Gasteiger partial charge in [-0.05, 0) is 42.9 Å². The van der Waals surface area contributed by atoms with Crippen LogP contribution >= 0.6 is 11.8 Å². The van der Waals surface area contributed by atoms with Gasteiger partial charge < -0.3 is 5.11 Å². The van der Waals surface area contributed by atoms with Gasteiger partial charge in [0.15, 0.2) is 0 Å². The largest absolute Gasteiger partial charge is 0.378 e. The number of hydrogen-bond acceptors (Lipinski definition) is 2. The lowest BCUT2D eigenvalue weighted by atomic mass is 9.85. The molecule has 78 valence electrons. The monoisotopic (exact) mass is 210 g/mol. The minimum absolute atomic E-state index is 0.695. The van der Waals surface area contributed by atoms with Crippen molar-refractivity contribution in [3.8, 4) is 11.8 Å². The number of aliphatic hydroxyl groups is 1. The third-order valence-corrected chi connectivity index (χ3v) is 3.06. The van der Waals surface area contributed by atoms with Crippen molar-refractivity contribution in [2.45, 2.75) is 44.6 Å². The quantitative estimate of drug-likeness (QED) is 0.707. The first-order chi connectivity index (χ1) is 6.77. The molecule has 1 nitrogen and oxygen atoms in total. The van der Waals surface area contributed by atoms with Crippen molar-refractivity contribution < 1.29 is 5.11 Å². The highest BCUT2D eigenvalue weighted by molar-refractivity contribution is 8.02. The van der Waals surface area contributed by atoms with Crippen LogP contribution in [-0.4, -0.2) is 16.5 Å². The summed E-state index contributed by atoms with van der Waals surface area (Å²) in [6, 6.07) is 0. The van der Waals surface area contributed by atoms with E-state index < -0.39 is 5.60 Å². The summed E-state index contributed by atoms with van der Waals surface area (Å²) in [5.41, 5.74) is -0.695. The molecule has 0 unspecified atom stereocenters. The Morgan fingerprint density at radius 1 is 1.36 bits per heavy atom. The van der Waals surface area contributed by atoms with Crippen LogP contribution in [0.4, 0.5) is 0 Å². The maximum absolute atomic E-state index is 10.0. The molecule has 1 aliphatic carbocycles. The molecular weight excluding hydrogens is 192 g/mol. The van der Waals surface area contributed by atoms with E-state index in [1.54, 1.807) is 11.8 Å². The zero-order valence-corrected chi connectivity index (χ0v) is 9.57. The minimum atomic E-state index is -0.695. The smallest absolute Gasteiger partial charge is 0.125 e. The van der Waals surface area contributed by atoms with Crippen LogP contribution in [0.5, 0.6) is 0 Å². The molecule has 0 bridgehead atoms. The molecule has 1 N–H and O–H groups in total. The van der Waals surface area contributed by atoms with Gasteiger partial charge in [0, 0.05) is 0 Å². The van der Waals surface area contributed by atoms with Crippen LogP contribution in [-0.2, 0) is 0 Å². The maximum Gasteiger partial charge on any atom is 0.125 e. The van der Waals surface area contributed by atoms with E-state index in [4.69, 9.17) is 0 Å². The molecule has 0 aromatic carbocycles. The molecule has 1 aliphatic rings. The minimum Gasteiger partial charge on any atom is -0.378 e. The Bertz CT molecular complexity index is 241. The molecule has 0 radical (unpaired) electrons. The van der Waals surface area contributed by atoms with E-state index in [2.05, 4.69) is 18.8 Å². The molecule has 0 aromatic rings. The molecule has 1 fully saturated rings. The molecule has 0 aromatic heterocycles. The Hall–Kier alpha value is -0.390. The maximum atomic E-state index is 10.0.